The van der Waals surface area contributed by atoms with Crippen molar-refractivity contribution in [3.05, 3.63) is 158 Å². The van der Waals surface area contributed by atoms with Gasteiger partial charge in [0.2, 0.25) is 0 Å². The van der Waals surface area contributed by atoms with Crippen molar-refractivity contribution in [2.75, 3.05) is 52.5 Å². The number of rotatable bonds is 20. The van der Waals surface area contributed by atoms with E-state index in [2.05, 4.69) is 42.3 Å². The quantitative estimate of drug-likeness (QED) is 0.0623. The van der Waals surface area contributed by atoms with E-state index in [9.17, 15) is 9.59 Å². The number of likely N-dealkylation sites (N-methyl/N-ethyl adjacent to an activating group) is 1. The van der Waals surface area contributed by atoms with Crippen LogP contribution in [-0.2, 0) is 19.4 Å². The van der Waals surface area contributed by atoms with Gasteiger partial charge in [-0.15, -0.1) is 0 Å². The lowest BCUT2D eigenvalue weighted by Crippen LogP contribution is -2.35. The average molecular weight is 796 g/mol. The van der Waals surface area contributed by atoms with Gasteiger partial charge in [0.05, 0.1) is 34.0 Å². The summed E-state index contributed by atoms with van der Waals surface area (Å²) in [6.07, 6.45) is 4.95. The molecule has 0 aliphatic heterocycles. The van der Waals surface area contributed by atoms with Crippen LogP contribution >= 0.6 is 8.53 Å². The molecule has 0 spiro atoms. The molecule has 0 amide bonds. The van der Waals surface area contributed by atoms with Gasteiger partial charge in [-0.05, 0) is 93.3 Å². The number of aromatic amines is 1. The normalized spacial score (nSPS) is 12.6. The minimum absolute atomic E-state index is 0.0203. The molecule has 0 aliphatic rings. The zero-order chi connectivity index (χ0) is 41.0. The third kappa shape index (κ3) is 10.9. The third-order valence-corrected chi connectivity index (χ3v) is 11.4. The first kappa shape index (κ1) is 43.0. The topological polar surface area (TPSA) is 120 Å². The van der Waals surface area contributed by atoms with Crippen LogP contribution in [0.5, 0.6) is 11.5 Å². The van der Waals surface area contributed by atoms with Crippen LogP contribution in [0.3, 0.4) is 0 Å². The molecule has 57 heavy (non-hydrogen) atoms. The number of hydrogen-bond donors (Lipinski definition) is 1. The average Bonchev–Trinajstić information content (AvgIpc) is 3.22. The molecule has 1 N–H and O–H groups in total. The Morgan fingerprint density at radius 3 is 1.93 bits per heavy atom. The first-order chi connectivity index (χ1) is 27.5. The molecule has 0 saturated carbocycles. The molecular formula is C44H54N5O7P. The van der Waals surface area contributed by atoms with Crippen molar-refractivity contribution in [2.24, 2.45) is 0 Å². The molecule has 1 unspecified atom stereocenters. The fourth-order valence-electron chi connectivity index (χ4n) is 6.50. The molecule has 5 aromatic rings. The number of aromatic nitrogens is 3. The Kier molecular flexibility index (Phi) is 15.4. The smallest absolute Gasteiger partial charge is 0.332 e. The highest BCUT2D eigenvalue weighted by atomic mass is 31.2. The summed E-state index contributed by atoms with van der Waals surface area (Å²) < 4.78 is 35.2. The Hall–Kier alpha value is -5.10. The Morgan fingerprint density at radius 1 is 0.807 bits per heavy atom. The highest BCUT2D eigenvalue weighted by Crippen LogP contribution is 2.47. The third-order valence-electron chi connectivity index (χ3n) is 9.39. The number of nitrogens with one attached hydrogen (secondary N) is 1. The van der Waals surface area contributed by atoms with Gasteiger partial charge in [-0.25, -0.2) is 14.4 Å². The minimum Gasteiger partial charge on any atom is -0.497 e. The summed E-state index contributed by atoms with van der Waals surface area (Å²) in [5.41, 5.74) is 1.43. The van der Waals surface area contributed by atoms with Crippen LogP contribution in [0.1, 0.15) is 49.9 Å². The molecule has 302 valence electrons. The molecule has 0 radical (unpaired) electrons. The Balaban J connectivity index is 1.56. The molecule has 0 saturated heterocycles. The summed E-state index contributed by atoms with van der Waals surface area (Å²) in [6.45, 7) is 11.2. The summed E-state index contributed by atoms with van der Waals surface area (Å²) >= 11 is 0. The van der Waals surface area contributed by atoms with E-state index in [0.717, 1.165) is 22.5 Å². The Labute approximate surface area is 336 Å². The monoisotopic (exact) mass is 795 g/mol. The molecule has 0 fully saturated rings. The maximum absolute atomic E-state index is 13.2. The van der Waals surface area contributed by atoms with Crippen LogP contribution in [0.4, 0.5) is 5.82 Å². The van der Waals surface area contributed by atoms with E-state index in [0.29, 0.717) is 35.8 Å². The van der Waals surface area contributed by atoms with Crippen molar-refractivity contribution in [1.82, 2.24) is 19.2 Å². The second kappa shape index (κ2) is 20.4. The van der Waals surface area contributed by atoms with Crippen molar-refractivity contribution < 1.29 is 23.3 Å². The number of nitrogens with zero attached hydrogens (tertiary/aromatic N) is 4. The van der Waals surface area contributed by atoms with Crippen molar-refractivity contribution in [3.8, 4) is 11.5 Å². The van der Waals surface area contributed by atoms with Gasteiger partial charge in [0, 0.05) is 49.8 Å². The van der Waals surface area contributed by atoms with Crippen molar-refractivity contribution in [2.45, 2.75) is 52.3 Å². The summed E-state index contributed by atoms with van der Waals surface area (Å²) in [4.78, 5) is 34.5. The van der Waals surface area contributed by atoms with Gasteiger partial charge in [0.15, 0.2) is 0 Å². The second-order valence-electron chi connectivity index (χ2n) is 14.1. The molecular weight excluding hydrogens is 741 g/mol. The van der Waals surface area contributed by atoms with Crippen LogP contribution in [0.25, 0.3) is 6.20 Å². The Morgan fingerprint density at radius 2 is 1.39 bits per heavy atom. The van der Waals surface area contributed by atoms with Crippen molar-refractivity contribution in [3.63, 3.8) is 0 Å². The van der Waals surface area contributed by atoms with Gasteiger partial charge in [0.25, 0.3) is 14.1 Å². The first-order valence-corrected chi connectivity index (χ1v) is 20.1. The summed E-state index contributed by atoms with van der Waals surface area (Å²) in [5.74, 6) is 2.25. The number of pyridine rings is 1. The number of H-pyrrole nitrogens is 1. The van der Waals surface area contributed by atoms with E-state index in [4.69, 9.17) is 23.3 Å². The minimum atomic E-state index is -1.59. The van der Waals surface area contributed by atoms with Gasteiger partial charge < -0.3 is 28.2 Å². The van der Waals surface area contributed by atoms with Crippen molar-refractivity contribution >= 4 is 20.5 Å². The lowest BCUT2D eigenvalue weighted by Gasteiger charge is -2.37. The lowest BCUT2D eigenvalue weighted by molar-refractivity contribution is 0.0247. The van der Waals surface area contributed by atoms with E-state index in [1.165, 1.54) is 10.8 Å². The molecule has 2 heterocycles. The van der Waals surface area contributed by atoms with Gasteiger partial charge in [-0.3, -0.25) is 14.3 Å². The van der Waals surface area contributed by atoms with E-state index in [1.807, 2.05) is 109 Å². The predicted molar refractivity (Wildman–Crippen MR) is 227 cm³/mol. The maximum atomic E-state index is 13.2. The molecule has 12 nitrogen and oxygen atoms in total. The zero-order valence-electron chi connectivity index (χ0n) is 34.0. The number of methoxy groups -OCH3 is 2. The first-order valence-electron chi connectivity index (χ1n) is 18.9. The molecule has 5 rings (SSSR count). The second-order valence-corrected chi connectivity index (χ2v) is 15.5. The standard InChI is InChI=1S/C44H54N5O7P/c1-32(2)49(33(3)4)57(55-27-26-47(6)41-16-12-13-25-45-41)56-31-35(29-48-28-34(5)42(50)46-43(48)51)30-54-44(36-14-10-9-11-15-36,37-17-21-39(52-7)22-18-37)38-19-23-40(53-8)24-20-38/h9-25,28-29,32-33H,26-27,30-31H2,1-8H3,(H,46,50,51)/b35-29+. The summed E-state index contributed by atoms with van der Waals surface area (Å²) in [7, 11) is 3.65. The summed E-state index contributed by atoms with van der Waals surface area (Å²) in [6, 6.07) is 31.6. The lowest BCUT2D eigenvalue weighted by atomic mass is 9.80. The molecule has 1 atom stereocenters. The Bertz CT molecular complexity index is 2090. The van der Waals surface area contributed by atoms with Crippen LogP contribution < -0.4 is 25.6 Å². The fraction of sp³-hybridized carbons (Fsp3) is 0.341. The molecule has 13 heteroatoms. The van der Waals surface area contributed by atoms with E-state index >= 15 is 0 Å². The van der Waals surface area contributed by atoms with Crippen LogP contribution in [0.15, 0.2) is 125 Å². The summed E-state index contributed by atoms with van der Waals surface area (Å²) in [5, 5.41) is 0. The molecule has 2 aromatic heterocycles. The number of ether oxygens (including phenoxy) is 3. The zero-order valence-corrected chi connectivity index (χ0v) is 34.9. The van der Waals surface area contributed by atoms with Crippen LogP contribution in [-0.4, -0.2) is 78.9 Å². The molecule has 3 aromatic carbocycles. The number of hydrogen-bond acceptors (Lipinski definition) is 10. The number of aryl methyl sites for hydroxylation is 1. The van der Waals surface area contributed by atoms with E-state index in [1.54, 1.807) is 33.5 Å². The predicted octanol–water partition coefficient (Wildman–Crippen LogP) is 7.62. The highest BCUT2D eigenvalue weighted by molar-refractivity contribution is 7.44. The van der Waals surface area contributed by atoms with Crippen LogP contribution in [0, 0.1) is 6.92 Å². The highest BCUT2D eigenvalue weighted by Gasteiger charge is 2.38. The van der Waals surface area contributed by atoms with Gasteiger partial charge in [-0.1, -0.05) is 60.7 Å². The van der Waals surface area contributed by atoms with E-state index < -0.39 is 25.4 Å². The van der Waals surface area contributed by atoms with Crippen LogP contribution in [0.2, 0.25) is 0 Å². The molecule has 0 bridgehead atoms. The van der Waals surface area contributed by atoms with Crippen molar-refractivity contribution in [1.29, 1.82) is 0 Å². The van der Waals surface area contributed by atoms with Gasteiger partial charge in [-0.2, -0.15) is 0 Å². The fourth-order valence-corrected chi connectivity index (χ4v) is 8.11. The van der Waals surface area contributed by atoms with Gasteiger partial charge >= 0.3 is 5.69 Å². The number of benzene rings is 3. The molecule has 0 aliphatic carbocycles. The number of anilines is 1. The largest absolute Gasteiger partial charge is 0.497 e. The SMILES string of the molecule is COc1ccc(C(OC/C(=C\n2cc(C)c(=O)[nH]c2=O)COP(OCCN(C)c2ccccn2)N(C(C)C)C(C)C)(c2ccccc2)c2ccc(OC)cc2)cc1. The van der Waals surface area contributed by atoms with E-state index in [-0.39, 0.29) is 25.3 Å². The maximum Gasteiger partial charge on any atom is 0.332 e. The van der Waals surface area contributed by atoms with Gasteiger partial charge in [0.1, 0.15) is 22.9 Å².